The van der Waals surface area contributed by atoms with E-state index in [1.807, 2.05) is 31.3 Å². The largest absolute Gasteiger partial charge is 0.489 e. The maximum absolute atomic E-state index is 14.6. The molecule has 2 N–H and O–H groups in total. The fourth-order valence-electron chi connectivity index (χ4n) is 4.32. The second-order valence-corrected chi connectivity index (χ2v) is 10.8. The molecule has 0 heterocycles. The summed E-state index contributed by atoms with van der Waals surface area (Å²) in [6.07, 6.45) is 3.48. The van der Waals surface area contributed by atoms with Crippen molar-refractivity contribution in [1.82, 2.24) is 10.0 Å². The lowest BCUT2D eigenvalue weighted by molar-refractivity contribution is 0.306. The lowest BCUT2D eigenvalue weighted by atomic mass is 9.91. The van der Waals surface area contributed by atoms with E-state index in [2.05, 4.69) is 10.0 Å². The molecule has 2 aliphatic carbocycles. The van der Waals surface area contributed by atoms with E-state index in [4.69, 9.17) is 16.3 Å². The first kappa shape index (κ1) is 22.5. The Bertz CT molecular complexity index is 1040. The molecule has 0 spiro atoms. The van der Waals surface area contributed by atoms with Crippen molar-refractivity contribution < 1.29 is 17.5 Å². The molecule has 0 aliphatic heterocycles. The van der Waals surface area contributed by atoms with Gasteiger partial charge in [0.15, 0.2) is 11.6 Å². The van der Waals surface area contributed by atoms with Crippen molar-refractivity contribution in [2.75, 3.05) is 26.0 Å². The van der Waals surface area contributed by atoms with Gasteiger partial charge in [-0.2, -0.15) is 0 Å². The van der Waals surface area contributed by atoms with Crippen molar-refractivity contribution in [2.24, 2.45) is 5.92 Å². The summed E-state index contributed by atoms with van der Waals surface area (Å²) in [6.45, 7) is 0.199. The van der Waals surface area contributed by atoms with Gasteiger partial charge in [0.25, 0.3) is 0 Å². The lowest BCUT2D eigenvalue weighted by Gasteiger charge is -2.20. The molecule has 0 aromatic heterocycles. The van der Waals surface area contributed by atoms with Crippen LogP contribution in [0.4, 0.5) is 4.39 Å². The van der Waals surface area contributed by atoms with Crippen LogP contribution in [0.2, 0.25) is 5.02 Å². The average Bonchev–Trinajstić information content (AvgIpc) is 3.46. The summed E-state index contributed by atoms with van der Waals surface area (Å²) >= 11 is 6.15. The zero-order valence-electron chi connectivity index (χ0n) is 17.5. The summed E-state index contributed by atoms with van der Waals surface area (Å²) in [6, 6.07) is 11.3. The van der Waals surface area contributed by atoms with E-state index in [1.54, 1.807) is 12.1 Å². The number of nitrogens with one attached hydrogen (secondary N) is 2. The van der Waals surface area contributed by atoms with Crippen LogP contribution in [0.1, 0.15) is 35.4 Å². The molecule has 0 saturated heterocycles. The normalized spacial score (nSPS) is 20.6. The van der Waals surface area contributed by atoms with Crippen LogP contribution in [0, 0.1) is 11.7 Å². The number of sulfonamides is 1. The zero-order valence-corrected chi connectivity index (χ0v) is 19.1. The molecule has 168 valence electrons. The molecule has 5 nitrogen and oxygen atoms in total. The first-order chi connectivity index (χ1) is 14.8. The zero-order chi connectivity index (χ0) is 22.0. The monoisotopic (exact) mass is 466 g/mol. The molecule has 2 aliphatic rings. The van der Waals surface area contributed by atoms with Gasteiger partial charge in [-0.05, 0) is 79.6 Å². The molecule has 4 rings (SSSR count). The number of hydrogen-bond acceptors (Lipinski definition) is 4. The summed E-state index contributed by atoms with van der Waals surface area (Å²) < 4.78 is 46.7. The maximum Gasteiger partial charge on any atom is 0.211 e. The van der Waals surface area contributed by atoms with E-state index < -0.39 is 15.8 Å². The van der Waals surface area contributed by atoms with E-state index in [1.165, 1.54) is 0 Å². The quantitative estimate of drug-likeness (QED) is 0.524. The van der Waals surface area contributed by atoms with Crippen LogP contribution in [-0.4, -0.2) is 40.4 Å². The first-order valence-electron chi connectivity index (χ1n) is 10.7. The molecule has 1 fully saturated rings. The van der Waals surface area contributed by atoms with Crippen LogP contribution in [0.25, 0.3) is 0 Å². The number of fused-ring (bicyclic) bond motifs is 1. The predicted octanol–water partition coefficient (Wildman–Crippen LogP) is 3.66. The van der Waals surface area contributed by atoms with Gasteiger partial charge in [-0.3, -0.25) is 0 Å². The summed E-state index contributed by atoms with van der Waals surface area (Å²) in [5.74, 6) is 0.352. The number of halogens is 2. The fraction of sp³-hybridized carbons (Fsp3) is 0.478. The molecule has 2 atom stereocenters. The summed E-state index contributed by atoms with van der Waals surface area (Å²) in [5, 5.41) is 4.05. The van der Waals surface area contributed by atoms with Crippen molar-refractivity contribution in [3.8, 4) is 5.75 Å². The van der Waals surface area contributed by atoms with Crippen LogP contribution in [0.3, 0.4) is 0 Å². The Morgan fingerprint density at radius 1 is 1.23 bits per heavy atom. The fourth-order valence-corrected chi connectivity index (χ4v) is 6.00. The number of rotatable bonds is 10. The van der Waals surface area contributed by atoms with E-state index in [-0.39, 0.29) is 42.5 Å². The Morgan fingerprint density at radius 3 is 2.74 bits per heavy atom. The van der Waals surface area contributed by atoms with E-state index >= 15 is 0 Å². The van der Waals surface area contributed by atoms with Crippen molar-refractivity contribution in [2.45, 2.75) is 37.6 Å². The molecule has 0 radical (unpaired) electrons. The molecule has 2 aromatic carbocycles. The van der Waals surface area contributed by atoms with Gasteiger partial charge in [-0.1, -0.05) is 23.7 Å². The molecule has 8 heteroatoms. The maximum atomic E-state index is 14.6. The third-order valence-electron chi connectivity index (χ3n) is 6.07. The molecule has 0 amide bonds. The van der Waals surface area contributed by atoms with Crippen LogP contribution in [0.15, 0.2) is 36.4 Å². The highest BCUT2D eigenvalue weighted by Crippen LogP contribution is 2.39. The second kappa shape index (κ2) is 9.45. The topological polar surface area (TPSA) is 67.4 Å². The van der Waals surface area contributed by atoms with E-state index in [9.17, 15) is 12.8 Å². The number of hydrogen-bond donors (Lipinski definition) is 2. The smallest absolute Gasteiger partial charge is 0.211 e. The molecular formula is C23H28ClFN2O3S. The van der Waals surface area contributed by atoms with Crippen molar-refractivity contribution in [3.63, 3.8) is 0 Å². The average molecular weight is 467 g/mol. The van der Waals surface area contributed by atoms with Gasteiger partial charge < -0.3 is 10.1 Å². The van der Waals surface area contributed by atoms with Gasteiger partial charge >= 0.3 is 0 Å². The van der Waals surface area contributed by atoms with Crippen LogP contribution in [-0.2, 0) is 22.9 Å². The van der Waals surface area contributed by atoms with Crippen LogP contribution < -0.4 is 14.8 Å². The SMILES string of the molecule is CNC1Cc2cc(F)c(OCCNS(=O)(=O)CC3CC3)cc2C1Cc1cccc(Cl)c1. The van der Waals surface area contributed by atoms with Crippen molar-refractivity contribution in [1.29, 1.82) is 0 Å². The third kappa shape index (κ3) is 5.77. The Hall–Kier alpha value is -1.67. The van der Waals surface area contributed by atoms with Crippen LogP contribution in [0.5, 0.6) is 5.75 Å². The van der Waals surface area contributed by atoms with Gasteiger partial charge in [-0.25, -0.2) is 17.5 Å². The number of likely N-dealkylation sites (N-methyl/N-ethyl adjacent to an activating group) is 1. The van der Waals surface area contributed by atoms with Gasteiger partial charge in [0.2, 0.25) is 10.0 Å². The third-order valence-corrected chi connectivity index (χ3v) is 7.86. The summed E-state index contributed by atoms with van der Waals surface area (Å²) in [4.78, 5) is 0. The Kier molecular flexibility index (Phi) is 6.86. The lowest BCUT2D eigenvalue weighted by Crippen LogP contribution is -2.31. The van der Waals surface area contributed by atoms with E-state index in [0.29, 0.717) is 5.02 Å². The molecular weight excluding hydrogens is 439 g/mol. The predicted molar refractivity (Wildman–Crippen MR) is 121 cm³/mol. The van der Waals surface area contributed by atoms with Crippen molar-refractivity contribution in [3.05, 3.63) is 63.9 Å². The minimum Gasteiger partial charge on any atom is -0.489 e. The second-order valence-electron chi connectivity index (χ2n) is 8.49. The van der Waals surface area contributed by atoms with Crippen LogP contribution >= 0.6 is 11.6 Å². The summed E-state index contributed by atoms with van der Waals surface area (Å²) in [5.41, 5.74) is 3.16. The number of benzene rings is 2. The van der Waals surface area contributed by atoms with E-state index in [0.717, 1.165) is 42.4 Å². The molecule has 2 unspecified atom stereocenters. The molecule has 1 saturated carbocycles. The first-order valence-corrected chi connectivity index (χ1v) is 12.7. The Morgan fingerprint density at radius 2 is 2.03 bits per heavy atom. The highest BCUT2D eigenvalue weighted by molar-refractivity contribution is 7.89. The van der Waals surface area contributed by atoms with Gasteiger partial charge in [0.05, 0.1) is 5.75 Å². The standard InChI is InChI=1S/C23H28ClFN2O3S/c1-26-22-12-17-11-21(25)23(30-8-7-27-31(28,29)14-15-5-6-15)13-19(17)20(22)10-16-3-2-4-18(24)9-16/h2-4,9,11,13,15,20,22,26-27H,5-8,10,12,14H2,1H3. The Labute approximate surface area is 188 Å². The molecule has 2 aromatic rings. The molecule has 31 heavy (non-hydrogen) atoms. The molecule has 0 bridgehead atoms. The summed E-state index contributed by atoms with van der Waals surface area (Å²) in [7, 11) is -1.37. The van der Waals surface area contributed by atoms with Gasteiger partial charge in [-0.15, -0.1) is 0 Å². The minimum absolute atomic E-state index is 0.0774. The van der Waals surface area contributed by atoms with Crippen molar-refractivity contribution >= 4 is 21.6 Å². The highest BCUT2D eigenvalue weighted by Gasteiger charge is 2.33. The Balaban J connectivity index is 1.43. The van der Waals surface area contributed by atoms with Gasteiger partial charge in [0.1, 0.15) is 6.61 Å². The number of ether oxygens (including phenoxy) is 1. The highest BCUT2D eigenvalue weighted by atomic mass is 35.5. The van der Waals surface area contributed by atoms with Gasteiger partial charge in [0, 0.05) is 23.5 Å². The minimum atomic E-state index is -3.29.